The van der Waals surface area contributed by atoms with Crippen molar-refractivity contribution in [3.05, 3.63) is 0 Å². The van der Waals surface area contributed by atoms with E-state index >= 15 is 0 Å². The molecule has 1 aliphatic carbocycles. The van der Waals surface area contributed by atoms with Gasteiger partial charge in [0.05, 0.1) is 6.10 Å². The number of hydrogen-bond donors (Lipinski definition) is 2. The summed E-state index contributed by atoms with van der Waals surface area (Å²) in [5, 5.41) is 13.2. The fourth-order valence-electron chi connectivity index (χ4n) is 2.60. The lowest BCUT2D eigenvalue weighted by atomic mass is 9.86. The van der Waals surface area contributed by atoms with E-state index in [4.69, 9.17) is 0 Å². The molecule has 1 aliphatic rings. The zero-order valence-electron chi connectivity index (χ0n) is 11.9. The van der Waals surface area contributed by atoms with Gasteiger partial charge in [-0.2, -0.15) is 0 Å². The lowest BCUT2D eigenvalue weighted by Crippen LogP contribution is -2.43. The van der Waals surface area contributed by atoms with E-state index in [2.05, 4.69) is 38.0 Å². The van der Waals surface area contributed by atoms with Crippen LogP contribution in [0.5, 0.6) is 0 Å². The van der Waals surface area contributed by atoms with Crippen molar-refractivity contribution in [2.45, 2.75) is 64.6 Å². The molecule has 1 saturated carbocycles. The maximum atomic E-state index is 9.95. The molecule has 2 N–H and O–H groups in total. The molecular weight excluding hydrogens is 212 g/mol. The van der Waals surface area contributed by atoms with E-state index in [0.29, 0.717) is 18.6 Å². The van der Waals surface area contributed by atoms with Crippen LogP contribution in [0.1, 0.15) is 46.5 Å². The highest BCUT2D eigenvalue weighted by Gasteiger charge is 2.22. The molecule has 0 aromatic carbocycles. The molecule has 0 aromatic rings. The van der Waals surface area contributed by atoms with Crippen molar-refractivity contribution in [1.82, 2.24) is 10.2 Å². The maximum absolute atomic E-state index is 9.95. The number of likely N-dealkylation sites (N-methyl/N-ethyl adjacent to an activating group) is 1. The van der Waals surface area contributed by atoms with Gasteiger partial charge in [-0.1, -0.05) is 20.8 Å². The monoisotopic (exact) mass is 242 g/mol. The van der Waals surface area contributed by atoms with Gasteiger partial charge in [-0.25, -0.2) is 0 Å². The molecule has 1 fully saturated rings. The Morgan fingerprint density at radius 2 is 1.82 bits per heavy atom. The minimum atomic E-state index is -0.248. The Kier molecular flexibility index (Phi) is 6.45. The Bertz CT molecular complexity index is 200. The Morgan fingerprint density at radius 3 is 2.35 bits per heavy atom. The number of aliphatic hydroxyl groups excluding tert-OH is 1. The molecular formula is C14H30N2O. The lowest BCUT2D eigenvalue weighted by Gasteiger charge is -2.34. The van der Waals surface area contributed by atoms with Crippen LogP contribution in [0.2, 0.25) is 0 Å². The van der Waals surface area contributed by atoms with Crippen molar-refractivity contribution in [3.63, 3.8) is 0 Å². The van der Waals surface area contributed by atoms with Crippen molar-refractivity contribution >= 4 is 0 Å². The first kappa shape index (κ1) is 14.9. The Hall–Kier alpha value is -0.120. The molecule has 3 heteroatoms. The predicted molar refractivity (Wildman–Crippen MR) is 73.2 cm³/mol. The number of rotatable bonds is 6. The van der Waals surface area contributed by atoms with Crippen LogP contribution in [0.3, 0.4) is 0 Å². The van der Waals surface area contributed by atoms with Gasteiger partial charge in [-0.3, -0.25) is 0 Å². The van der Waals surface area contributed by atoms with E-state index < -0.39 is 0 Å². The molecule has 0 radical (unpaired) electrons. The van der Waals surface area contributed by atoms with Gasteiger partial charge in [0.2, 0.25) is 0 Å². The van der Waals surface area contributed by atoms with Crippen molar-refractivity contribution in [2.24, 2.45) is 5.92 Å². The molecule has 1 rings (SSSR count). The summed E-state index contributed by atoms with van der Waals surface area (Å²) in [6.45, 7) is 8.05. The van der Waals surface area contributed by atoms with Gasteiger partial charge in [-0.15, -0.1) is 0 Å². The van der Waals surface area contributed by atoms with Crippen LogP contribution in [-0.2, 0) is 0 Å². The van der Waals surface area contributed by atoms with Crippen molar-refractivity contribution in [3.8, 4) is 0 Å². The van der Waals surface area contributed by atoms with E-state index in [9.17, 15) is 5.11 Å². The summed E-state index contributed by atoms with van der Waals surface area (Å²) in [5.41, 5.74) is 0. The summed E-state index contributed by atoms with van der Waals surface area (Å²) in [7, 11) is 2.15. The highest BCUT2D eigenvalue weighted by Crippen LogP contribution is 2.26. The van der Waals surface area contributed by atoms with Crippen LogP contribution in [0.15, 0.2) is 0 Å². The average Bonchev–Trinajstić information content (AvgIpc) is 2.27. The zero-order chi connectivity index (χ0) is 12.8. The summed E-state index contributed by atoms with van der Waals surface area (Å²) in [5.74, 6) is 0.896. The zero-order valence-corrected chi connectivity index (χ0v) is 11.9. The molecule has 0 spiro atoms. The number of nitrogens with zero attached hydrogens (tertiary/aromatic N) is 1. The van der Waals surface area contributed by atoms with Crippen LogP contribution in [-0.4, -0.2) is 48.3 Å². The van der Waals surface area contributed by atoms with Crippen LogP contribution in [0.4, 0.5) is 0 Å². The quantitative estimate of drug-likeness (QED) is 0.746. The topological polar surface area (TPSA) is 35.5 Å². The van der Waals surface area contributed by atoms with Gasteiger partial charge in [0, 0.05) is 25.2 Å². The summed E-state index contributed by atoms with van der Waals surface area (Å²) in [6, 6.07) is 1.13. The molecule has 3 nitrogen and oxygen atoms in total. The number of nitrogens with one attached hydrogen (secondary N) is 1. The normalized spacial score (nSPS) is 27.7. The number of aliphatic hydroxyl groups is 1. The largest absolute Gasteiger partial charge is 0.390 e. The fourth-order valence-corrected chi connectivity index (χ4v) is 2.60. The first-order valence-corrected chi connectivity index (χ1v) is 7.10. The first-order chi connectivity index (χ1) is 7.99. The average molecular weight is 242 g/mol. The smallest absolute Gasteiger partial charge is 0.0791 e. The predicted octanol–water partition coefficient (Wildman–Crippen LogP) is 1.86. The van der Waals surface area contributed by atoms with Gasteiger partial charge in [0.1, 0.15) is 0 Å². The molecule has 0 amide bonds. The second-order valence-corrected chi connectivity index (χ2v) is 6.07. The standard InChI is InChI=1S/C14H30N2O/c1-11(2)15-9-14(17)10-16(4)13-7-5-12(3)6-8-13/h11-15,17H,5-10H2,1-4H3. The molecule has 0 heterocycles. The molecule has 0 bridgehead atoms. The van der Waals surface area contributed by atoms with Crippen LogP contribution >= 0.6 is 0 Å². The van der Waals surface area contributed by atoms with E-state index in [0.717, 1.165) is 12.5 Å². The van der Waals surface area contributed by atoms with Gasteiger partial charge in [0.25, 0.3) is 0 Å². The van der Waals surface area contributed by atoms with Gasteiger partial charge >= 0.3 is 0 Å². The molecule has 0 aromatic heterocycles. The molecule has 0 saturated heterocycles. The SMILES string of the molecule is CC1CCC(N(C)CC(O)CNC(C)C)CC1. The fraction of sp³-hybridized carbons (Fsp3) is 1.00. The van der Waals surface area contributed by atoms with E-state index in [1.54, 1.807) is 0 Å². The highest BCUT2D eigenvalue weighted by molar-refractivity contribution is 4.78. The minimum absolute atomic E-state index is 0.248. The molecule has 0 aliphatic heterocycles. The summed E-state index contributed by atoms with van der Waals surface area (Å²) < 4.78 is 0. The molecule has 1 unspecified atom stereocenters. The molecule has 1 atom stereocenters. The lowest BCUT2D eigenvalue weighted by molar-refractivity contribution is 0.0841. The molecule has 102 valence electrons. The Labute approximate surface area is 107 Å². The van der Waals surface area contributed by atoms with Gasteiger partial charge in [-0.05, 0) is 38.6 Å². The van der Waals surface area contributed by atoms with Crippen LogP contribution in [0.25, 0.3) is 0 Å². The van der Waals surface area contributed by atoms with Crippen molar-refractivity contribution in [1.29, 1.82) is 0 Å². The third kappa shape index (κ3) is 5.84. The van der Waals surface area contributed by atoms with Crippen molar-refractivity contribution < 1.29 is 5.11 Å². The maximum Gasteiger partial charge on any atom is 0.0791 e. The van der Waals surface area contributed by atoms with Crippen molar-refractivity contribution in [2.75, 3.05) is 20.1 Å². The summed E-state index contributed by atoms with van der Waals surface area (Å²) in [6.07, 6.45) is 5.02. The van der Waals surface area contributed by atoms with E-state index in [-0.39, 0.29) is 6.10 Å². The first-order valence-electron chi connectivity index (χ1n) is 7.10. The van der Waals surface area contributed by atoms with Gasteiger partial charge < -0.3 is 15.3 Å². The third-order valence-electron chi connectivity index (χ3n) is 3.87. The molecule has 17 heavy (non-hydrogen) atoms. The van der Waals surface area contributed by atoms with Crippen LogP contribution < -0.4 is 5.32 Å². The second-order valence-electron chi connectivity index (χ2n) is 6.07. The summed E-state index contributed by atoms with van der Waals surface area (Å²) in [4.78, 5) is 2.35. The van der Waals surface area contributed by atoms with E-state index in [1.165, 1.54) is 25.7 Å². The van der Waals surface area contributed by atoms with Gasteiger partial charge in [0.15, 0.2) is 0 Å². The third-order valence-corrected chi connectivity index (χ3v) is 3.87. The second kappa shape index (κ2) is 7.34. The Morgan fingerprint density at radius 1 is 1.24 bits per heavy atom. The van der Waals surface area contributed by atoms with Crippen LogP contribution in [0, 0.1) is 5.92 Å². The highest BCUT2D eigenvalue weighted by atomic mass is 16.3. The summed E-state index contributed by atoms with van der Waals surface area (Å²) >= 11 is 0. The Balaban J connectivity index is 2.21. The number of hydrogen-bond acceptors (Lipinski definition) is 3. The minimum Gasteiger partial charge on any atom is -0.390 e. The van der Waals surface area contributed by atoms with E-state index in [1.807, 2.05) is 0 Å².